The molecule has 29 heavy (non-hydrogen) atoms. The summed E-state index contributed by atoms with van der Waals surface area (Å²) in [5, 5.41) is 2.92. The molecular weight excluding hydrogens is 360 g/mol. The van der Waals surface area contributed by atoms with Crippen LogP contribution in [0.15, 0.2) is 48.5 Å². The number of rotatable bonds is 12. The van der Waals surface area contributed by atoms with Gasteiger partial charge in [-0.3, -0.25) is 9.69 Å². The van der Waals surface area contributed by atoms with E-state index in [0.717, 1.165) is 31.6 Å². The molecule has 0 aromatic heterocycles. The van der Waals surface area contributed by atoms with Gasteiger partial charge in [0.15, 0.2) is 0 Å². The molecule has 0 bridgehead atoms. The number of amides is 1. The Morgan fingerprint density at radius 3 is 2.62 bits per heavy atom. The van der Waals surface area contributed by atoms with Crippen molar-refractivity contribution in [2.45, 2.75) is 32.6 Å². The number of ether oxygens (including phenoxy) is 1. The predicted octanol–water partition coefficient (Wildman–Crippen LogP) is 3.82. The maximum absolute atomic E-state index is 11.8. The lowest BCUT2D eigenvalue weighted by molar-refractivity contribution is -0.121. The van der Waals surface area contributed by atoms with Crippen molar-refractivity contribution in [3.05, 3.63) is 65.2 Å². The van der Waals surface area contributed by atoms with Gasteiger partial charge in [-0.05, 0) is 62.1 Å². The van der Waals surface area contributed by atoms with Crippen molar-refractivity contribution >= 4 is 5.91 Å². The molecule has 0 aliphatic rings. The second-order valence-corrected chi connectivity index (χ2v) is 7.34. The number of nitrogens with zero attached hydrogens (tertiary/aromatic N) is 1. The summed E-state index contributed by atoms with van der Waals surface area (Å²) in [4.78, 5) is 13.8. The van der Waals surface area contributed by atoms with Crippen molar-refractivity contribution in [3.63, 3.8) is 0 Å². The third-order valence-electron chi connectivity index (χ3n) is 4.82. The first-order chi connectivity index (χ1) is 14.1. The lowest BCUT2D eigenvalue weighted by atomic mass is 10.0. The largest absolute Gasteiger partial charge is 0.494 e. The van der Waals surface area contributed by atoms with Gasteiger partial charge in [-0.15, -0.1) is 6.42 Å². The van der Waals surface area contributed by atoms with Crippen LogP contribution in [0.4, 0.5) is 0 Å². The molecule has 0 fully saturated rings. The number of benzene rings is 2. The number of carbonyl (C=O) groups excluding carboxylic acids is 1. The molecule has 1 amide bonds. The van der Waals surface area contributed by atoms with Gasteiger partial charge >= 0.3 is 0 Å². The molecule has 2 aromatic carbocycles. The highest BCUT2D eigenvalue weighted by Crippen LogP contribution is 2.17. The Kier molecular flexibility index (Phi) is 9.82. The van der Waals surface area contributed by atoms with Crippen LogP contribution in [0, 0.1) is 19.3 Å². The molecular formula is C25H32N2O2. The third-order valence-corrected chi connectivity index (χ3v) is 4.82. The van der Waals surface area contributed by atoms with Crippen molar-refractivity contribution in [1.29, 1.82) is 0 Å². The average Bonchev–Trinajstić information content (AvgIpc) is 2.71. The molecule has 0 saturated heterocycles. The van der Waals surface area contributed by atoms with Crippen molar-refractivity contribution < 1.29 is 9.53 Å². The summed E-state index contributed by atoms with van der Waals surface area (Å²) in [5.74, 6) is 3.54. The first-order valence-corrected chi connectivity index (χ1v) is 10.2. The molecule has 4 heteroatoms. The maximum atomic E-state index is 11.8. The minimum Gasteiger partial charge on any atom is -0.494 e. The zero-order valence-electron chi connectivity index (χ0n) is 17.6. The quantitative estimate of drug-likeness (QED) is 0.441. The summed E-state index contributed by atoms with van der Waals surface area (Å²) >= 11 is 0. The van der Waals surface area contributed by atoms with E-state index in [9.17, 15) is 4.79 Å². The molecule has 0 saturated carbocycles. The number of terminal acetylenes is 1. The van der Waals surface area contributed by atoms with Crippen molar-refractivity contribution in [1.82, 2.24) is 10.2 Å². The zero-order valence-corrected chi connectivity index (χ0v) is 17.6. The first kappa shape index (κ1) is 22.5. The molecule has 2 rings (SSSR count). The Labute approximate surface area is 175 Å². The van der Waals surface area contributed by atoms with Gasteiger partial charge in [0.05, 0.1) is 13.2 Å². The molecule has 0 atom stereocenters. The van der Waals surface area contributed by atoms with E-state index in [4.69, 9.17) is 11.2 Å². The van der Waals surface area contributed by atoms with Gasteiger partial charge in [-0.25, -0.2) is 0 Å². The summed E-state index contributed by atoms with van der Waals surface area (Å²) in [7, 11) is 1.94. The molecule has 0 aliphatic heterocycles. The van der Waals surface area contributed by atoms with E-state index in [0.29, 0.717) is 26.1 Å². The first-order valence-electron chi connectivity index (χ1n) is 10.2. The molecule has 0 heterocycles. The van der Waals surface area contributed by atoms with Crippen LogP contribution in [0.5, 0.6) is 5.75 Å². The van der Waals surface area contributed by atoms with Crippen molar-refractivity contribution in [3.8, 4) is 18.1 Å². The summed E-state index contributed by atoms with van der Waals surface area (Å²) in [6.45, 7) is 4.75. The van der Waals surface area contributed by atoms with Gasteiger partial charge in [0.25, 0.3) is 0 Å². The van der Waals surface area contributed by atoms with Gasteiger partial charge in [-0.2, -0.15) is 0 Å². The lowest BCUT2D eigenvalue weighted by Crippen LogP contribution is -2.33. The summed E-state index contributed by atoms with van der Waals surface area (Å²) < 4.78 is 5.80. The molecule has 154 valence electrons. The number of hydrogen-bond acceptors (Lipinski definition) is 3. The maximum Gasteiger partial charge on any atom is 0.220 e. The van der Waals surface area contributed by atoms with Crippen LogP contribution in [0.1, 0.15) is 36.0 Å². The van der Waals surface area contributed by atoms with Crippen molar-refractivity contribution in [2.75, 3.05) is 33.3 Å². The van der Waals surface area contributed by atoms with E-state index in [-0.39, 0.29) is 5.91 Å². The van der Waals surface area contributed by atoms with E-state index in [1.54, 1.807) is 0 Å². The van der Waals surface area contributed by atoms with Gasteiger partial charge in [0.1, 0.15) is 5.75 Å². The standard InChI is InChI=1S/C25H32N2O2/c1-4-17-27(3)18-16-26-25(28)11-7-8-19-29-24-14-12-22(13-15-24)20-23-10-6-5-9-21(23)2/h1,5-6,9-10,12-15H,7-8,11,16-20H2,2-3H3,(H,26,28). The van der Waals surface area contributed by atoms with E-state index in [1.165, 1.54) is 16.7 Å². The summed E-state index contributed by atoms with van der Waals surface area (Å²) in [6, 6.07) is 16.7. The molecule has 0 aliphatic carbocycles. The summed E-state index contributed by atoms with van der Waals surface area (Å²) in [6.07, 6.45) is 8.38. The number of hydrogen-bond donors (Lipinski definition) is 1. The lowest BCUT2D eigenvalue weighted by Gasteiger charge is -2.13. The highest BCUT2D eigenvalue weighted by Gasteiger charge is 2.03. The van der Waals surface area contributed by atoms with Gasteiger partial charge in [-0.1, -0.05) is 42.3 Å². The fourth-order valence-electron chi connectivity index (χ4n) is 3.02. The van der Waals surface area contributed by atoms with E-state index in [2.05, 4.69) is 54.6 Å². The predicted molar refractivity (Wildman–Crippen MR) is 119 cm³/mol. The van der Waals surface area contributed by atoms with Crippen LogP contribution in [-0.4, -0.2) is 44.1 Å². The van der Waals surface area contributed by atoms with Gasteiger partial charge < -0.3 is 10.1 Å². The van der Waals surface area contributed by atoms with E-state index in [1.807, 2.05) is 24.1 Å². The second kappa shape index (κ2) is 12.6. The van der Waals surface area contributed by atoms with Crippen LogP contribution in [0.2, 0.25) is 0 Å². The minimum absolute atomic E-state index is 0.0830. The van der Waals surface area contributed by atoms with E-state index < -0.39 is 0 Å². The van der Waals surface area contributed by atoms with Crippen LogP contribution in [0.3, 0.4) is 0 Å². The highest BCUT2D eigenvalue weighted by atomic mass is 16.5. The Balaban J connectivity index is 1.59. The Morgan fingerprint density at radius 2 is 1.90 bits per heavy atom. The van der Waals surface area contributed by atoms with Crippen molar-refractivity contribution in [2.24, 2.45) is 0 Å². The van der Waals surface area contributed by atoms with Gasteiger partial charge in [0.2, 0.25) is 5.91 Å². The van der Waals surface area contributed by atoms with Crippen LogP contribution >= 0.6 is 0 Å². The number of carbonyl (C=O) groups is 1. The average molecular weight is 393 g/mol. The Hall–Kier alpha value is -2.77. The molecule has 1 N–H and O–H groups in total. The fraction of sp³-hybridized carbons (Fsp3) is 0.400. The zero-order chi connectivity index (χ0) is 20.9. The number of aryl methyl sites for hydroxylation is 1. The van der Waals surface area contributed by atoms with Crippen LogP contribution in [-0.2, 0) is 11.2 Å². The monoisotopic (exact) mass is 392 g/mol. The van der Waals surface area contributed by atoms with Crippen LogP contribution in [0.25, 0.3) is 0 Å². The molecule has 0 radical (unpaired) electrons. The third kappa shape index (κ3) is 8.85. The molecule has 0 unspecified atom stereocenters. The van der Waals surface area contributed by atoms with Gasteiger partial charge in [0, 0.05) is 19.5 Å². The fourth-order valence-corrected chi connectivity index (χ4v) is 3.02. The second-order valence-electron chi connectivity index (χ2n) is 7.34. The van der Waals surface area contributed by atoms with Crippen LogP contribution < -0.4 is 10.1 Å². The highest BCUT2D eigenvalue weighted by molar-refractivity contribution is 5.75. The Morgan fingerprint density at radius 1 is 1.14 bits per heavy atom. The topological polar surface area (TPSA) is 41.6 Å². The minimum atomic E-state index is 0.0830. The molecule has 0 spiro atoms. The normalized spacial score (nSPS) is 10.6. The number of likely N-dealkylation sites (N-methyl/N-ethyl adjacent to an activating group) is 1. The number of nitrogens with one attached hydrogen (secondary N) is 1. The summed E-state index contributed by atoms with van der Waals surface area (Å²) in [5.41, 5.74) is 3.94. The SMILES string of the molecule is C#CCN(C)CCNC(=O)CCCCOc1ccc(Cc2ccccc2C)cc1. The Bertz CT molecular complexity index is 793. The molecule has 4 nitrogen and oxygen atoms in total. The molecule has 2 aromatic rings. The number of unbranched alkanes of at least 4 members (excludes halogenated alkanes) is 1. The smallest absolute Gasteiger partial charge is 0.220 e. The van der Waals surface area contributed by atoms with E-state index >= 15 is 0 Å².